The minimum atomic E-state index is 0.155. The Balaban J connectivity index is 2.99. The molecule has 0 saturated carbocycles. The zero-order valence-corrected chi connectivity index (χ0v) is 8.26. The molecule has 0 saturated heterocycles. The third-order valence-electron chi connectivity index (χ3n) is 1.88. The van der Waals surface area contributed by atoms with Crippen LogP contribution in [0.1, 0.15) is 18.1 Å². The van der Waals surface area contributed by atoms with E-state index >= 15 is 0 Å². The molecule has 0 amide bonds. The van der Waals surface area contributed by atoms with Crippen molar-refractivity contribution in [3.05, 3.63) is 29.3 Å². The molecule has 0 aliphatic carbocycles. The molecule has 0 fully saturated rings. The first-order chi connectivity index (χ1) is 6.13. The molecule has 1 aromatic carbocycles. The predicted octanol–water partition coefficient (Wildman–Crippen LogP) is 2.14. The van der Waals surface area contributed by atoms with Gasteiger partial charge in [-0.25, -0.2) is 0 Å². The number of methoxy groups -OCH3 is 1. The summed E-state index contributed by atoms with van der Waals surface area (Å²) in [4.78, 5) is 10.9. The van der Waals surface area contributed by atoms with E-state index in [9.17, 15) is 4.79 Å². The van der Waals surface area contributed by atoms with E-state index in [0.717, 1.165) is 16.9 Å². The van der Waals surface area contributed by atoms with Gasteiger partial charge in [0.15, 0.2) is 0 Å². The van der Waals surface area contributed by atoms with Gasteiger partial charge in [-0.2, -0.15) is 0 Å². The molecule has 13 heavy (non-hydrogen) atoms. The Hall–Kier alpha value is -1.31. The molecule has 0 aliphatic rings. The topological polar surface area (TPSA) is 26.3 Å². The molecular weight excluding hydrogens is 164 g/mol. The molecular formula is C11H14O2. The summed E-state index contributed by atoms with van der Waals surface area (Å²) in [5.41, 5.74) is 2.10. The van der Waals surface area contributed by atoms with Crippen LogP contribution in [0, 0.1) is 6.92 Å². The Labute approximate surface area is 78.5 Å². The van der Waals surface area contributed by atoms with Crippen LogP contribution < -0.4 is 4.74 Å². The standard InChI is InChI=1S/C11H14O2/c1-8-4-5-10(7-9(2)12)11(6-8)13-3/h4-6H,7H2,1-3H3. The highest BCUT2D eigenvalue weighted by Gasteiger charge is 2.04. The van der Waals surface area contributed by atoms with Gasteiger partial charge in [-0.15, -0.1) is 0 Å². The zero-order chi connectivity index (χ0) is 9.84. The van der Waals surface area contributed by atoms with Crippen molar-refractivity contribution in [3.63, 3.8) is 0 Å². The number of hydrogen-bond acceptors (Lipinski definition) is 2. The van der Waals surface area contributed by atoms with Gasteiger partial charge in [-0.1, -0.05) is 12.1 Å². The highest BCUT2D eigenvalue weighted by Crippen LogP contribution is 2.20. The third-order valence-corrected chi connectivity index (χ3v) is 1.88. The van der Waals surface area contributed by atoms with Gasteiger partial charge in [0.2, 0.25) is 0 Å². The molecule has 2 nitrogen and oxygen atoms in total. The molecule has 0 unspecified atom stereocenters. The largest absolute Gasteiger partial charge is 0.496 e. The van der Waals surface area contributed by atoms with Gasteiger partial charge >= 0.3 is 0 Å². The summed E-state index contributed by atoms with van der Waals surface area (Å²) in [5, 5.41) is 0. The fourth-order valence-corrected chi connectivity index (χ4v) is 1.27. The Morgan fingerprint density at radius 2 is 2.15 bits per heavy atom. The van der Waals surface area contributed by atoms with Gasteiger partial charge in [0.25, 0.3) is 0 Å². The van der Waals surface area contributed by atoms with Crippen LogP contribution in [0.4, 0.5) is 0 Å². The predicted molar refractivity (Wildman–Crippen MR) is 52.1 cm³/mol. The lowest BCUT2D eigenvalue weighted by molar-refractivity contribution is -0.116. The van der Waals surface area contributed by atoms with Crippen molar-refractivity contribution in [1.29, 1.82) is 0 Å². The Bertz CT molecular complexity index is 316. The van der Waals surface area contributed by atoms with Crippen molar-refractivity contribution < 1.29 is 9.53 Å². The lowest BCUT2D eigenvalue weighted by Gasteiger charge is -2.07. The Morgan fingerprint density at radius 1 is 1.46 bits per heavy atom. The minimum absolute atomic E-state index is 0.155. The van der Waals surface area contributed by atoms with Crippen LogP contribution in [0.25, 0.3) is 0 Å². The van der Waals surface area contributed by atoms with E-state index < -0.39 is 0 Å². The zero-order valence-electron chi connectivity index (χ0n) is 8.26. The lowest BCUT2D eigenvalue weighted by atomic mass is 10.1. The number of ether oxygens (including phenoxy) is 1. The number of carbonyl (C=O) groups is 1. The van der Waals surface area contributed by atoms with Crippen molar-refractivity contribution >= 4 is 5.78 Å². The summed E-state index contributed by atoms with van der Waals surface area (Å²) >= 11 is 0. The Kier molecular flexibility index (Phi) is 3.07. The number of carbonyl (C=O) groups excluding carboxylic acids is 1. The number of hydrogen-bond donors (Lipinski definition) is 0. The van der Waals surface area contributed by atoms with Gasteiger partial charge in [-0.3, -0.25) is 4.79 Å². The lowest BCUT2D eigenvalue weighted by Crippen LogP contribution is -1.99. The van der Waals surface area contributed by atoms with E-state index in [1.54, 1.807) is 14.0 Å². The summed E-state index contributed by atoms with van der Waals surface area (Å²) in [6.07, 6.45) is 0.448. The molecule has 0 heterocycles. The molecule has 0 atom stereocenters. The number of aryl methyl sites for hydroxylation is 1. The summed E-state index contributed by atoms with van der Waals surface area (Å²) in [5.74, 6) is 0.956. The average Bonchev–Trinajstić information content (AvgIpc) is 2.07. The van der Waals surface area contributed by atoms with E-state index in [0.29, 0.717) is 6.42 Å². The van der Waals surface area contributed by atoms with Crippen LogP contribution in [0.3, 0.4) is 0 Å². The smallest absolute Gasteiger partial charge is 0.134 e. The van der Waals surface area contributed by atoms with Gasteiger partial charge in [0, 0.05) is 12.0 Å². The summed E-state index contributed by atoms with van der Waals surface area (Å²) in [6.45, 7) is 3.58. The molecule has 0 spiro atoms. The third kappa shape index (κ3) is 2.58. The van der Waals surface area contributed by atoms with Gasteiger partial charge in [0.1, 0.15) is 11.5 Å². The fourth-order valence-electron chi connectivity index (χ4n) is 1.27. The normalized spacial score (nSPS) is 9.77. The van der Waals surface area contributed by atoms with Crippen molar-refractivity contribution in [1.82, 2.24) is 0 Å². The minimum Gasteiger partial charge on any atom is -0.496 e. The van der Waals surface area contributed by atoms with Crippen LogP contribution >= 0.6 is 0 Å². The molecule has 1 aromatic rings. The number of Topliss-reactive ketones (excluding diaryl/α,β-unsaturated/α-hetero) is 1. The SMILES string of the molecule is COc1cc(C)ccc1CC(C)=O. The monoisotopic (exact) mass is 178 g/mol. The molecule has 0 bridgehead atoms. The van der Waals surface area contributed by atoms with Gasteiger partial charge in [-0.05, 0) is 25.5 Å². The highest BCUT2D eigenvalue weighted by atomic mass is 16.5. The van der Waals surface area contributed by atoms with Crippen LogP contribution in [0.5, 0.6) is 5.75 Å². The molecule has 70 valence electrons. The van der Waals surface area contributed by atoms with Crippen LogP contribution in [-0.2, 0) is 11.2 Å². The fraction of sp³-hybridized carbons (Fsp3) is 0.364. The molecule has 0 aromatic heterocycles. The van der Waals surface area contributed by atoms with Crippen molar-refractivity contribution in [2.24, 2.45) is 0 Å². The van der Waals surface area contributed by atoms with Crippen LogP contribution in [-0.4, -0.2) is 12.9 Å². The first-order valence-electron chi connectivity index (χ1n) is 4.26. The summed E-state index contributed by atoms with van der Waals surface area (Å²) in [7, 11) is 1.62. The second-order valence-electron chi connectivity index (χ2n) is 3.19. The molecule has 0 aliphatic heterocycles. The Morgan fingerprint density at radius 3 is 2.69 bits per heavy atom. The van der Waals surface area contributed by atoms with E-state index in [-0.39, 0.29) is 5.78 Å². The van der Waals surface area contributed by atoms with Gasteiger partial charge < -0.3 is 4.74 Å². The van der Waals surface area contributed by atoms with Crippen LogP contribution in [0.15, 0.2) is 18.2 Å². The van der Waals surface area contributed by atoms with Gasteiger partial charge in [0.05, 0.1) is 7.11 Å². The molecule has 2 heteroatoms. The maximum absolute atomic E-state index is 10.9. The second kappa shape index (κ2) is 4.08. The van der Waals surface area contributed by atoms with E-state index in [1.165, 1.54) is 0 Å². The molecule has 0 N–H and O–H groups in total. The number of benzene rings is 1. The van der Waals surface area contributed by atoms with E-state index in [2.05, 4.69) is 0 Å². The van der Waals surface area contributed by atoms with Crippen molar-refractivity contribution in [2.75, 3.05) is 7.11 Å². The maximum atomic E-state index is 10.9. The second-order valence-corrected chi connectivity index (χ2v) is 3.19. The first kappa shape index (κ1) is 9.78. The summed E-state index contributed by atoms with van der Waals surface area (Å²) < 4.78 is 5.17. The van der Waals surface area contributed by atoms with E-state index in [4.69, 9.17) is 4.74 Å². The summed E-state index contributed by atoms with van der Waals surface area (Å²) in [6, 6.07) is 5.87. The maximum Gasteiger partial charge on any atom is 0.134 e. The van der Waals surface area contributed by atoms with Crippen molar-refractivity contribution in [3.8, 4) is 5.75 Å². The quantitative estimate of drug-likeness (QED) is 0.708. The highest BCUT2D eigenvalue weighted by molar-refractivity contribution is 5.79. The number of rotatable bonds is 3. The van der Waals surface area contributed by atoms with Crippen LogP contribution in [0.2, 0.25) is 0 Å². The molecule has 0 radical (unpaired) electrons. The van der Waals surface area contributed by atoms with Crippen molar-refractivity contribution in [2.45, 2.75) is 20.3 Å². The van der Waals surface area contributed by atoms with E-state index in [1.807, 2.05) is 25.1 Å². The average molecular weight is 178 g/mol. The molecule has 1 rings (SSSR count). The first-order valence-corrected chi connectivity index (χ1v) is 4.26. The number of ketones is 1.